The van der Waals surface area contributed by atoms with E-state index < -0.39 is 11.6 Å². The molecule has 0 unspecified atom stereocenters. The number of rotatable bonds is 2. The van der Waals surface area contributed by atoms with Crippen LogP contribution in [-0.2, 0) is 0 Å². The Morgan fingerprint density at radius 2 is 1.82 bits per heavy atom. The fourth-order valence-electron chi connectivity index (χ4n) is 2.41. The molecule has 1 fully saturated rings. The second-order valence-corrected chi connectivity index (χ2v) is 4.99. The Morgan fingerprint density at radius 3 is 2.45 bits per heavy atom. The van der Waals surface area contributed by atoms with Crippen LogP contribution in [0.4, 0.5) is 14.6 Å². The van der Waals surface area contributed by atoms with Crippen LogP contribution in [0.5, 0.6) is 0 Å². The largest absolute Gasteiger partial charge is 0.352 e. The number of aromatic nitrogens is 2. The molecule has 3 rings (SSSR count). The molecule has 114 valence electrons. The van der Waals surface area contributed by atoms with Gasteiger partial charge in [-0.1, -0.05) is 0 Å². The molecule has 0 saturated carbocycles. The lowest BCUT2D eigenvalue weighted by Crippen LogP contribution is -2.49. The van der Waals surface area contributed by atoms with E-state index in [0.29, 0.717) is 26.2 Å². The first-order valence-electron chi connectivity index (χ1n) is 6.92. The summed E-state index contributed by atoms with van der Waals surface area (Å²) in [7, 11) is 0. The quantitative estimate of drug-likeness (QED) is 0.847. The Kier molecular flexibility index (Phi) is 3.95. The van der Waals surface area contributed by atoms with Gasteiger partial charge in [0.25, 0.3) is 5.91 Å². The van der Waals surface area contributed by atoms with E-state index in [2.05, 4.69) is 10.2 Å². The lowest BCUT2D eigenvalue weighted by Gasteiger charge is -2.35. The predicted octanol–water partition coefficient (Wildman–Crippen LogP) is 1.72. The van der Waals surface area contributed by atoms with Crippen LogP contribution >= 0.6 is 0 Å². The number of amides is 1. The molecule has 7 heteroatoms. The minimum atomic E-state index is -1.01. The molecule has 5 nitrogen and oxygen atoms in total. The van der Waals surface area contributed by atoms with Gasteiger partial charge in [-0.2, -0.15) is 5.10 Å². The summed E-state index contributed by atoms with van der Waals surface area (Å²) in [6, 6.07) is 6.88. The molecule has 2 heterocycles. The van der Waals surface area contributed by atoms with E-state index in [1.54, 1.807) is 17.2 Å². The first-order chi connectivity index (χ1) is 10.6. The highest BCUT2D eigenvalue weighted by molar-refractivity contribution is 5.94. The summed E-state index contributed by atoms with van der Waals surface area (Å²) in [6.07, 6.45) is 1.60. The fraction of sp³-hybridized carbons (Fsp3) is 0.267. The maximum Gasteiger partial charge on any atom is 0.254 e. The van der Waals surface area contributed by atoms with Crippen LogP contribution in [0.25, 0.3) is 0 Å². The van der Waals surface area contributed by atoms with Crippen LogP contribution in [0.15, 0.2) is 36.5 Å². The fourth-order valence-corrected chi connectivity index (χ4v) is 2.41. The third-order valence-corrected chi connectivity index (χ3v) is 3.62. The summed E-state index contributed by atoms with van der Waals surface area (Å²) in [5, 5.41) is 7.86. The van der Waals surface area contributed by atoms with Gasteiger partial charge in [-0.05, 0) is 30.3 Å². The molecular formula is C15H14F2N4O. The van der Waals surface area contributed by atoms with Gasteiger partial charge in [0.1, 0.15) is 0 Å². The van der Waals surface area contributed by atoms with Crippen molar-refractivity contribution < 1.29 is 13.6 Å². The van der Waals surface area contributed by atoms with Crippen LogP contribution in [0.1, 0.15) is 10.4 Å². The number of anilines is 1. The van der Waals surface area contributed by atoms with Gasteiger partial charge in [0.15, 0.2) is 17.5 Å². The lowest BCUT2D eigenvalue weighted by atomic mass is 10.1. The molecule has 1 aromatic carbocycles. The summed E-state index contributed by atoms with van der Waals surface area (Å²) in [5.74, 6) is -1.49. The van der Waals surface area contributed by atoms with Gasteiger partial charge in [0.05, 0.1) is 0 Å². The van der Waals surface area contributed by atoms with Crippen molar-refractivity contribution >= 4 is 11.7 Å². The van der Waals surface area contributed by atoms with E-state index in [9.17, 15) is 13.6 Å². The zero-order valence-corrected chi connectivity index (χ0v) is 11.7. The van der Waals surface area contributed by atoms with E-state index in [0.717, 1.165) is 18.0 Å². The van der Waals surface area contributed by atoms with Crippen LogP contribution in [0.3, 0.4) is 0 Å². The van der Waals surface area contributed by atoms with Crippen molar-refractivity contribution in [3.8, 4) is 0 Å². The normalized spacial score (nSPS) is 15.0. The molecule has 1 saturated heterocycles. The minimum Gasteiger partial charge on any atom is -0.352 e. The molecule has 0 spiro atoms. The predicted molar refractivity (Wildman–Crippen MR) is 76.5 cm³/mol. The van der Waals surface area contributed by atoms with Gasteiger partial charge in [0.2, 0.25) is 0 Å². The number of piperazine rings is 1. The second kappa shape index (κ2) is 6.05. The van der Waals surface area contributed by atoms with Crippen LogP contribution in [-0.4, -0.2) is 47.2 Å². The molecule has 22 heavy (non-hydrogen) atoms. The zero-order chi connectivity index (χ0) is 15.5. The molecule has 1 amide bonds. The Hall–Kier alpha value is -2.57. The van der Waals surface area contributed by atoms with Crippen molar-refractivity contribution in [2.24, 2.45) is 0 Å². The molecular weight excluding hydrogens is 290 g/mol. The number of benzene rings is 1. The number of halogens is 2. The molecule has 0 radical (unpaired) electrons. The Bertz CT molecular complexity index is 672. The molecule has 2 aromatic rings. The maximum atomic E-state index is 13.2. The average molecular weight is 304 g/mol. The maximum absolute atomic E-state index is 13.2. The summed E-state index contributed by atoms with van der Waals surface area (Å²) in [5.41, 5.74) is 0.159. The highest BCUT2D eigenvalue weighted by atomic mass is 19.2. The Morgan fingerprint density at radius 1 is 1.05 bits per heavy atom. The van der Waals surface area contributed by atoms with Crippen molar-refractivity contribution in [3.05, 3.63) is 53.7 Å². The Balaban J connectivity index is 1.66. The van der Waals surface area contributed by atoms with Crippen LogP contribution < -0.4 is 4.90 Å². The van der Waals surface area contributed by atoms with Crippen molar-refractivity contribution in [3.63, 3.8) is 0 Å². The summed E-state index contributed by atoms with van der Waals surface area (Å²) in [6.45, 7) is 2.23. The van der Waals surface area contributed by atoms with Crippen molar-refractivity contribution in [1.29, 1.82) is 0 Å². The van der Waals surface area contributed by atoms with E-state index in [1.807, 2.05) is 11.0 Å². The third kappa shape index (κ3) is 2.88. The van der Waals surface area contributed by atoms with Crippen LogP contribution in [0.2, 0.25) is 0 Å². The molecule has 1 aliphatic rings. The number of hydrogen-bond donors (Lipinski definition) is 0. The molecule has 0 N–H and O–H groups in total. The van der Waals surface area contributed by atoms with Gasteiger partial charge < -0.3 is 9.80 Å². The molecule has 0 aliphatic carbocycles. The van der Waals surface area contributed by atoms with E-state index >= 15 is 0 Å². The molecule has 1 aromatic heterocycles. The van der Waals surface area contributed by atoms with Crippen molar-refractivity contribution in [2.45, 2.75) is 0 Å². The Labute approximate surface area is 126 Å². The van der Waals surface area contributed by atoms with Gasteiger partial charge in [-0.3, -0.25) is 4.79 Å². The number of nitrogens with zero attached hydrogens (tertiary/aromatic N) is 4. The van der Waals surface area contributed by atoms with Gasteiger partial charge in [0, 0.05) is 37.9 Å². The van der Waals surface area contributed by atoms with E-state index in [-0.39, 0.29) is 11.5 Å². The van der Waals surface area contributed by atoms with Crippen LogP contribution in [0, 0.1) is 11.6 Å². The summed E-state index contributed by atoms with van der Waals surface area (Å²) >= 11 is 0. The average Bonchev–Trinajstić information content (AvgIpc) is 2.58. The second-order valence-electron chi connectivity index (χ2n) is 4.99. The standard InChI is InChI=1S/C15H14F2N4O/c16-12-4-3-11(10-13(12)17)15(22)21-8-6-20(7-9-21)14-2-1-5-18-19-14/h1-5,10H,6-9H2. The highest BCUT2D eigenvalue weighted by Crippen LogP contribution is 2.15. The van der Waals surface area contributed by atoms with Gasteiger partial charge in [-0.15, -0.1) is 5.10 Å². The van der Waals surface area contributed by atoms with E-state index in [1.165, 1.54) is 6.07 Å². The number of carbonyl (C=O) groups is 1. The summed E-state index contributed by atoms with van der Waals surface area (Å²) < 4.78 is 26.1. The lowest BCUT2D eigenvalue weighted by molar-refractivity contribution is 0.0746. The first-order valence-corrected chi connectivity index (χ1v) is 6.92. The monoisotopic (exact) mass is 304 g/mol. The smallest absolute Gasteiger partial charge is 0.254 e. The van der Waals surface area contributed by atoms with Crippen molar-refractivity contribution in [1.82, 2.24) is 15.1 Å². The third-order valence-electron chi connectivity index (χ3n) is 3.62. The van der Waals surface area contributed by atoms with Gasteiger partial charge in [-0.25, -0.2) is 8.78 Å². The van der Waals surface area contributed by atoms with E-state index in [4.69, 9.17) is 0 Å². The first kappa shape index (κ1) is 14.4. The number of carbonyl (C=O) groups excluding carboxylic acids is 1. The number of hydrogen-bond acceptors (Lipinski definition) is 4. The highest BCUT2D eigenvalue weighted by Gasteiger charge is 2.23. The zero-order valence-electron chi connectivity index (χ0n) is 11.7. The van der Waals surface area contributed by atoms with Crippen molar-refractivity contribution in [2.75, 3.05) is 31.1 Å². The summed E-state index contributed by atoms with van der Waals surface area (Å²) in [4.78, 5) is 16.0. The molecule has 0 atom stereocenters. The SMILES string of the molecule is O=C(c1ccc(F)c(F)c1)N1CCN(c2cccnn2)CC1. The molecule has 0 bridgehead atoms. The molecule has 1 aliphatic heterocycles. The van der Waals surface area contributed by atoms with Gasteiger partial charge >= 0.3 is 0 Å². The minimum absolute atomic E-state index is 0.159. The topological polar surface area (TPSA) is 49.3 Å².